The van der Waals surface area contributed by atoms with Crippen LogP contribution in [0, 0.1) is 5.92 Å². The minimum absolute atomic E-state index is 0. The molecule has 1 fully saturated rings. The third kappa shape index (κ3) is 5.14. The molecule has 32 heavy (non-hydrogen) atoms. The van der Waals surface area contributed by atoms with Gasteiger partial charge in [-0.1, -0.05) is 29.8 Å². The molecule has 8 heteroatoms. The maximum atomic E-state index is 12.7. The molecule has 1 amide bonds. The van der Waals surface area contributed by atoms with Crippen molar-refractivity contribution in [2.24, 2.45) is 13.0 Å². The quantitative estimate of drug-likeness (QED) is 0.514. The third-order valence-corrected chi connectivity index (χ3v) is 6.52. The second kappa shape index (κ2) is 10.5. The summed E-state index contributed by atoms with van der Waals surface area (Å²) < 4.78 is 7.49. The lowest BCUT2D eigenvalue weighted by Crippen LogP contribution is -2.38. The van der Waals surface area contributed by atoms with Crippen LogP contribution in [0.15, 0.2) is 42.6 Å². The highest BCUT2D eigenvalue weighted by atomic mass is 35.5. The van der Waals surface area contributed by atoms with Gasteiger partial charge in [-0.25, -0.2) is 0 Å². The third-order valence-electron chi connectivity index (χ3n) is 6.20. The molecule has 6 nitrogen and oxygen atoms in total. The molecule has 3 N–H and O–H groups in total. The second-order valence-electron chi connectivity index (χ2n) is 8.29. The standard InChI is InChI=1S/C24H29ClN4O2.ClH/c1-28-14-17(18-5-3-4-6-22(18)28)15-29-9-7-16(8-10-29)13-27-24(30)19-11-20(25)21(26)12-23(19)31-2;/h3-6,11-12,14,16H,7-10,13,15,26H2,1-2H3,(H,27,30);1H. The monoisotopic (exact) mass is 476 g/mol. The van der Waals surface area contributed by atoms with Crippen molar-refractivity contribution in [2.75, 3.05) is 32.5 Å². The molecule has 172 valence electrons. The van der Waals surface area contributed by atoms with Crippen LogP contribution in [0.5, 0.6) is 5.75 Å². The minimum Gasteiger partial charge on any atom is -0.496 e. The Morgan fingerprint density at radius 3 is 2.69 bits per heavy atom. The predicted octanol–water partition coefficient (Wildman–Crippen LogP) is 4.49. The molecule has 0 atom stereocenters. The number of nitrogen functional groups attached to an aromatic ring is 1. The van der Waals surface area contributed by atoms with Gasteiger partial charge in [0.1, 0.15) is 5.75 Å². The largest absolute Gasteiger partial charge is 0.496 e. The molecule has 0 bridgehead atoms. The SMILES string of the molecule is COc1cc(N)c(Cl)cc1C(=O)NCC1CCN(Cc2cn(C)c3ccccc23)CC1.Cl. The first kappa shape index (κ1) is 24.2. The maximum absolute atomic E-state index is 12.7. The van der Waals surface area contributed by atoms with Gasteiger partial charge >= 0.3 is 0 Å². The summed E-state index contributed by atoms with van der Waals surface area (Å²) in [5.74, 6) is 0.712. The molecule has 1 saturated heterocycles. The van der Waals surface area contributed by atoms with Crippen molar-refractivity contribution < 1.29 is 9.53 Å². The van der Waals surface area contributed by atoms with Crippen LogP contribution < -0.4 is 15.8 Å². The second-order valence-corrected chi connectivity index (χ2v) is 8.69. The average molecular weight is 477 g/mol. The van der Waals surface area contributed by atoms with Gasteiger partial charge in [0.2, 0.25) is 0 Å². The van der Waals surface area contributed by atoms with Crippen molar-refractivity contribution in [1.29, 1.82) is 0 Å². The normalized spacial score (nSPS) is 14.8. The number of para-hydroxylation sites is 1. The van der Waals surface area contributed by atoms with E-state index in [2.05, 4.69) is 52.3 Å². The van der Waals surface area contributed by atoms with Gasteiger partial charge in [0, 0.05) is 43.3 Å². The molecule has 4 rings (SSSR count). The van der Waals surface area contributed by atoms with E-state index in [1.807, 2.05) is 0 Å². The molecule has 2 heterocycles. The number of nitrogens with two attached hydrogens (primary N) is 1. The molecule has 0 saturated carbocycles. The number of carbonyl (C=O) groups excluding carboxylic acids is 1. The number of anilines is 1. The van der Waals surface area contributed by atoms with E-state index in [9.17, 15) is 4.79 Å². The van der Waals surface area contributed by atoms with E-state index in [1.165, 1.54) is 23.6 Å². The van der Waals surface area contributed by atoms with E-state index in [1.54, 1.807) is 12.1 Å². The van der Waals surface area contributed by atoms with Gasteiger partial charge < -0.3 is 20.4 Å². The Morgan fingerprint density at radius 1 is 1.25 bits per heavy atom. The number of hydrogen-bond donors (Lipinski definition) is 2. The Morgan fingerprint density at radius 2 is 1.97 bits per heavy atom. The molecule has 0 spiro atoms. The molecule has 3 aromatic rings. The van der Waals surface area contributed by atoms with Crippen molar-refractivity contribution in [2.45, 2.75) is 19.4 Å². The van der Waals surface area contributed by atoms with Crippen LogP contribution in [0.3, 0.4) is 0 Å². The number of rotatable bonds is 6. The Labute approximate surface area is 200 Å². The zero-order chi connectivity index (χ0) is 22.0. The number of ether oxygens (including phenoxy) is 1. The fourth-order valence-electron chi connectivity index (χ4n) is 4.39. The van der Waals surface area contributed by atoms with Crippen molar-refractivity contribution in [3.8, 4) is 5.75 Å². The summed E-state index contributed by atoms with van der Waals surface area (Å²) in [5.41, 5.74) is 9.26. The fraction of sp³-hybridized carbons (Fsp3) is 0.375. The van der Waals surface area contributed by atoms with E-state index in [4.69, 9.17) is 22.1 Å². The highest BCUT2D eigenvalue weighted by Crippen LogP contribution is 2.29. The number of piperidine rings is 1. The van der Waals surface area contributed by atoms with E-state index < -0.39 is 0 Å². The molecule has 1 aliphatic heterocycles. The molecule has 0 aliphatic carbocycles. The van der Waals surface area contributed by atoms with Crippen LogP contribution in [0.1, 0.15) is 28.8 Å². The Hall–Kier alpha value is -2.41. The molecule has 1 aliphatic rings. The first-order valence-corrected chi connectivity index (χ1v) is 11.0. The molecular formula is C24H30Cl2N4O2. The van der Waals surface area contributed by atoms with Crippen molar-refractivity contribution in [1.82, 2.24) is 14.8 Å². The number of halogens is 2. The lowest BCUT2D eigenvalue weighted by Gasteiger charge is -2.32. The molecule has 1 aromatic heterocycles. The number of nitrogens with zero attached hydrogens (tertiary/aromatic N) is 2. The summed E-state index contributed by atoms with van der Waals surface area (Å²) in [4.78, 5) is 15.2. The summed E-state index contributed by atoms with van der Waals surface area (Å²) >= 11 is 6.09. The molecule has 0 unspecified atom stereocenters. The first-order valence-electron chi connectivity index (χ1n) is 10.6. The van der Waals surface area contributed by atoms with Gasteiger partial charge in [0.05, 0.1) is 23.4 Å². The Balaban J connectivity index is 0.00000289. The number of fused-ring (bicyclic) bond motifs is 1. The minimum atomic E-state index is -0.183. The van der Waals surface area contributed by atoms with Gasteiger partial charge in [0.15, 0.2) is 0 Å². The maximum Gasteiger partial charge on any atom is 0.255 e. The predicted molar refractivity (Wildman–Crippen MR) is 133 cm³/mol. The number of methoxy groups -OCH3 is 1. The van der Waals surface area contributed by atoms with Crippen LogP contribution in [0.25, 0.3) is 10.9 Å². The summed E-state index contributed by atoms with van der Waals surface area (Å²) in [6.45, 7) is 3.66. The van der Waals surface area contributed by atoms with Crippen LogP contribution in [-0.4, -0.2) is 42.1 Å². The van der Waals surface area contributed by atoms with E-state index >= 15 is 0 Å². The number of amides is 1. The Kier molecular flexibility index (Phi) is 7.93. The molecular weight excluding hydrogens is 447 g/mol. The summed E-state index contributed by atoms with van der Waals surface area (Å²) in [6.07, 6.45) is 4.36. The van der Waals surface area contributed by atoms with Gasteiger partial charge in [-0.3, -0.25) is 9.69 Å². The summed E-state index contributed by atoms with van der Waals surface area (Å²) in [5, 5.41) is 4.73. The lowest BCUT2D eigenvalue weighted by molar-refractivity contribution is 0.0932. The smallest absolute Gasteiger partial charge is 0.255 e. The van der Waals surface area contributed by atoms with Gasteiger partial charge in [0.25, 0.3) is 5.91 Å². The van der Waals surface area contributed by atoms with Crippen molar-refractivity contribution >= 4 is 46.5 Å². The fourth-order valence-corrected chi connectivity index (χ4v) is 4.55. The van der Waals surface area contributed by atoms with Crippen LogP contribution in [-0.2, 0) is 13.6 Å². The highest BCUT2D eigenvalue weighted by molar-refractivity contribution is 6.33. The van der Waals surface area contributed by atoms with E-state index in [0.29, 0.717) is 34.5 Å². The number of aromatic nitrogens is 1. The van der Waals surface area contributed by atoms with Crippen molar-refractivity contribution in [3.63, 3.8) is 0 Å². The van der Waals surface area contributed by atoms with Crippen molar-refractivity contribution in [3.05, 3.63) is 58.7 Å². The highest BCUT2D eigenvalue weighted by Gasteiger charge is 2.22. The number of nitrogens with one attached hydrogen (secondary N) is 1. The van der Waals surface area contributed by atoms with Crippen LogP contribution >= 0.6 is 24.0 Å². The number of aryl methyl sites for hydroxylation is 1. The number of benzene rings is 2. The zero-order valence-electron chi connectivity index (χ0n) is 18.4. The summed E-state index contributed by atoms with van der Waals surface area (Å²) in [6, 6.07) is 11.7. The first-order chi connectivity index (χ1) is 15.0. The van der Waals surface area contributed by atoms with Gasteiger partial charge in [-0.05, 0) is 49.5 Å². The van der Waals surface area contributed by atoms with Crippen LogP contribution in [0.2, 0.25) is 5.02 Å². The zero-order valence-corrected chi connectivity index (χ0v) is 20.0. The topological polar surface area (TPSA) is 72.5 Å². The number of likely N-dealkylation sites (tertiary alicyclic amines) is 1. The number of carbonyl (C=O) groups is 1. The van der Waals surface area contributed by atoms with E-state index in [0.717, 1.165) is 32.5 Å². The Bertz CT molecular complexity index is 1090. The van der Waals surface area contributed by atoms with Gasteiger partial charge in [-0.2, -0.15) is 0 Å². The molecule has 0 radical (unpaired) electrons. The van der Waals surface area contributed by atoms with E-state index in [-0.39, 0.29) is 18.3 Å². The summed E-state index contributed by atoms with van der Waals surface area (Å²) in [7, 11) is 3.62. The average Bonchev–Trinajstić information content (AvgIpc) is 3.10. The lowest BCUT2D eigenvalue weighted by atomic mass is 9.96. The van der Waals surface area contributed by atoms with Crippen LogP contribution in [0.4, 0.5) is 5.69 Å². The number of hydrogen-bond acceptors (Lipinski definition) is 4. The van der Waals surface area contributed by atoms with Gasteiger partial charge in [-0.15, -0.1) is 12.4 Å². The molecule has 2 aromatic carbocycles.